The molecule has 2 aromatic carbocycles. The molecule has 0 spiro atoms. The molecule has 0 unspecified atom stereocenters. The SMILES string of the molecule is COc1ccc(COCCCNC(=O)C(=Cc2ccco2)NC(=O)c2ccccc2)cc1. The number of nitrogens with one attached hydrogen (secondary N) is 2. The summed E-state index contributed by atoms with van der Waals surface area (Å²) < 4.78 is 16.1. The third-order valence-electron chi connectivity index (χ3n) is 4.54. The van der Waals surface area contributed by atoms with Gasteiger partial charge in [-0.15, -0.1) is 0 Å². The maximum atomic E-state index is 12.7. The fourth-order valence-electron chi connectivity index (χ4n) is 2.84. The number of rotatable bonds is 11. The maximum absolute atomic E-state index is 12.7. The molecule has 0 saturated heterocycles. The predicted molar refractivity (Wildman–Crippen MR) is 121 cm³/mol. The predicted octanol–water partition coefficient (Wildman–Crippen LogP) is 3.78. The summed E-state index contributed by atoms with van der Waals surface area (Å²) in [6.07, 6.45) is 3.62. The number of hydrogen-bond donors (Lipinski definition) is 2. The van der Waals surface area contributed by atoms with Crippen LogP contribution in [0.1, 0.15) is 28.1 Å². The number of carbonyl (C=O) groups excluding carboxylic acids is 2. The highest BCUT2D eigenvalue weighted by Gasteiger charge is 2.14. The number of amides is 2. The van der Waals surface area contributed by atoms with Gasteiger partial charge >= 0.3 is 0 Å². The van der Waals surface area contributed by atoms with Gasteiger partial charge in [0.05, 0.1) is 20.0 Å². The summed E-state index contributed by atoms with van der Waals surface area (Å²) in [5.74, 6) is 0.489. The number of hydrogen-bond acceptors (Lipinski definition) is 5. The van der Waals surface area contributed by atoms with Crippen LogP contribution in [0.25, 0.3) is 6.08 Å². The largest absolute Gasteiger partial charge is 0.497 e. The maximum Gasteiger partial charge on any atom is 0.267 e. The summed E-state index contributed by atoms with van der Waals surface area (Å²) in [7, 11) is 1.63. The Labute approximate surface area is 187 Å². The monoisotopic (exact) mass is 434 g/mol. The van der Waals surface area contributed by atoms with Crippen molar-refractivity contribution < 1.29 is 23.5 Å². The zero-order chi connectivity index (χ0) is 22.6. The molecule has 7 nitrogen and oxygen atoms in total. The van der Waals surface area contributed by atoms with Gasteiger partial charge in [-0.25, -0.2) is 0 Å². The highest BCUT2D eigenvalue weighted by atomic mass is 16.5. The first kappa shape index (κ1) is 22.8. The van der Waals surface area contributed by atoms with Gasteiger partial charge < -0.3 is 24.5 Å². The van der Waals surface area contributed by atoms with Crippen molar-refractivity contribution in [1.82, 2.24) is 10.6 Å². The van der Waals surface area contributed by atoms with Gasteiger partial charge in [0, 0.05) is 24.8 Å². The lowest BCUT2D eigenvalue weighted by Crippen LogP contribution is -2.35. The van der Waals surface area contributed by atoms with Gasteiger partial charge in [-0.3, -0.25) is 9.59 Å². The Balaban J connectivity index is 1.47. The number of benzene rings is 2. The molecule has 0 fully saturated rings. The van der Waals surface area contributed by atoms with Crippen LogP contribution >= 0.6 is 0 Å². The van der Waals surface area contributed by atoms with Crippen LogP contribution in [0.3, 0.4) is 0 Å². The minimum absolute atomic E-state index is 0.105. The number of methoxy groups -OCH3 is 1. The van der Waals surface area contributed by atoms with Crippen LogP contribution in [0.4, 0.5) is 0 Å². The number of ether oxygens (including phenoxy) is 2. The van der Waals surface area contributed by atoms with Crippen molar-refractivity contribution in [1.29, 1.82) is 0 Å². The van der Waals surface area contributed by atoms with Crippen LogP contribution in [0.15, 0.2) is 83.1 Å². The fourth-order valence-corrected chi connectivity index (χ4v) is 2.84. The molecule has 0 aliphatic carbocycles. The van der Waals surface area contributed by atoms with Crippen molar-refractivity contribution in [2.45, 2.75) is 13.0 Å². The average Bonchev–Trinajstić information content (AvgIpc) is 3.35. The van der Waals surface area contributed by atoms with E-state index < -0.39 is 5.91 Å². The van der Waals surface area contributed by atoms with Gasteiger partial charge in [-0.1, -0.05) is 30.3 Å². The fraction of sp³-hybridized carbons (Fsp3) is 0.200. The van der Waals surface area contributed by atoms with Crippen LogP contribution in [-0.4, -0.2) is 32.1 Å². The summed E-state index contributed by atoms with van der Waals surface area (Å²) in [5.41, 5.74) is 1.60. The molecule has 32 heavy (non-hydrogen) atoms. The highest BCUT2D eigenvalue weighted by Crippen LogP contribution is 2.12. The molecule has 3 aromatic rings. The van der Waals surface area contributed by atoms with E-state index in [-0.39, 0.29) is 11.6 Å². The minimum atomic E-state index is -0.402. The van der Waals surface area contributed by atoms with Crippen LogP contribution in [0.2, 0.25) is 0 Å². The summed E-state index contributed by atoms with van der Waals surface area (Å²) in [6, 6.07) is 19.8. The molecule has 2 amide bonds. The van der Waals surface area contributed by atoms with E-state index in [0.717, 1.165) is 11.3 Å². The standard InChI is InChI=1S/C25H26N2O5/c1-30-21-12-10-19(11-13-21)18-31-15-6-14-26-25(29)23(17-22-9-5-16-32-22)27-24(28)20-7-3-2-4-8-20/h2-5,7-13,16-17H,6,14-15,18H2,1H3,(H,26,29)(H,27,28). The molecule has 1 heterocycles. The van der Waals surface area contributed by atoms with Crippen LogP contribution < -0.4 is 15.4 Å². The van der Waals surface area contributed by atoms with Crippen molar-refractivity contribution in [2.75, 3.05) is 20.3 Å². The normalized spacial score (nSPS) is 11.1. The van der Waals surface area contributed by atoms with Crippen molar-refractivity contribution in [3.05, 3.63) is 95.6 Å². The summed E-state index contributed by atoms with van der Waals surface area (Å²) >= 11 is 0. The lowest BCUT2D eigenvalue weighted by atomic mass is 10.2. The highest BCUT2D eigenvalue weighted by molar-refractivity contribution is 6.05. The molecule has 0 atom stereocenters. The lowest BCUT2D eigenvalue weighted by molar-refractivity contribution is -0.117. The van der Waals surface area contributed by atoms with Crippen LogP contribution in [0, 0.1) is 0 Å². The smallest absolute Gasteiger partial charge is 0.267 e. The molecule has 3 rings (SSSR count). The zero-order valence-corrected chi connectivity index (χ0v) is 17.9. The van der Waals surface area contributed by atoms with Gasteiger partial charge in [-0.05, 0) is 48.4 Å². The molecule has 0 bridgehead atoms. The lowest BCUT2D eigenvalue weighted by Gasteiger charge is -2.11. The van der Waals surface area contributed by atoms with Crippen molar-refractivity contribution >= 4 is 17.9 Å². The van der Waals surface area contributed by atoms with E-state index in [0.29, 0.717) is 37.5 Å². The van der Waals surface area contributed by atoms with Gasteiger partial charge in [-0.2, -0.15) is 0 Å². The summed E-state index contributed by atoms with van der Waals surface area (Å²) in [4.78, 5) is 25.2. The van der Waals surface area contributed by atoms with E-state index in [9.17, 15) is 9.59 Å². The molecule has 0 aliphatic rings. The Morgan fingerprint density at radius 3 is 2.47 bits per heavy atom. The van der Waals surface area contributed by atoms with Gasteiger partial charge in [0.1, 0.15) is 17.2 Å². The first-order valence-corrected chi connectivity index (χ1v) is 10.3. The quantitative estimate of drug-likeness (QED) is 0.354. The summed E-state index contributed by atoms with van der Waals surface area (Å²) in [5, 5.41) is 5.47. The van der Waals surface area contributed by atoms with Crippen molar-refractivity contribution in [3.8, 4) is 5.75 Å². The number of carbonyl (C=O) groups is 2. The molecule has 0 saturated carbocycles. The van der Waals surface area contributed by atoms with E-state index in [1.54, 1.807) is 43.5 Å². The Morgan fingerprint density at radius 2 is 1.78 bits per heavy atom. The second-order valence-corrected chi connectivity index (χ2v) is 6.90. The molecular formula is C25H26N2O5. The molecule has 0 radical (unpaired) electrons. The van der Waals surface area contributed by atoms with E-state index in [1.807, 2.05) is 30.3 Å². The Hall–Kier alpha value is -3.84. The molecular weight excluding hydrogens is 408 g/mol. The first-order valence-electron chi connectivity index (χ1n) is 10.3. The van der Waals surface area contributed by atoms with Crippen molar-refractivity contribution in [2.24, 2.45) is 0 Å². The first-order chi connectivity index (χ1) is 15.7. The molecule has 1 aromatic heterocycles. The second kappa shape index (κ2) is 12.1. The Kier molecular flexibility index (Phi) is 8.65. The molecule has 7 heteroatoms. The molecule has 0 aliphatic heterocycles. The van der Waals surface area contributed by atoms with Gasteiger partial charge in [0.15, 0.2) is 0 Å². The van der Waals surface area contributed by atoms with E-state index >= 15 is 0 Å². The van der Waals surface area contributed by atoms with Crippen LogP contribution in [-0.2, 0) is 16.1 Å². The van der Waals surface area contributed by atoms with E-state index in [4.69, 9.17) is 13.9 Å². The summed E-state index contributed by atoms with van der Waals surface area (Å²) in [6.45, 7) is 1.37. The Morgan fingerprint density at radius 1 is 1.00 bits per heavy atom. The minimum Gasteiger partial charge on any atom is -0.497 e. The molecule has 2 N–H and O–H groups in total. The van der Waals surface area contributed by atoms with E-state index in [2.05, 4.69) is 10.6 Å². The Bertz CT molecular complexity index is 1010. The van der Waals surface area contributed by atoms with Gasteiger partial charge in [0.25, 0.3) is 11.8 Å². The van der Waals surface area contributed by atoms with Crippen LogP contribution in [0.5, 0.6) is 5.75 Å². The van der Waals surface area contributed by atoms with E-state index in [1.165, 1.54) is 12.3 Å². The zero-order valence-electron chi connectivity index (χ0n) is 17.9. The third-order valence-corrected chi connectivity index (χ3v) is 4.54. The average molecular weight is 434 g/mol. The number of furan rings is 1. The second-order valence-electron chi connectivity index (χ2n) is 6.90. The van der Waals surface area contributed by atoms with Gasteiger partial charge in [0.2, 0.25) is 0 Å². The molecule has 166 valence electrons. The third kappa shape index (κ3) is 7.14. The van der Waals surface area contributed by atoms with Crippen molar-refractivity contribution in [3.63, 3.8) is 0 Å². The topological polar surface area (TPSA) is 89.8 Å².